The van der Waals surface area contributed by atoms with Crippen molar-refractivity contribution >= 4 is 11.8 Å². The summed E-state index contributed by atoms with van der Waals surface area (Å²) in [4.78, 5) is 46.6. The lowest BCUT2D eigenvalue weighted by Gasteiger charge is -2.40. The van der Waals surface area contributed by atoms with Gasteiger partial charge in [-0.3, -0.25) is 14.4 Å². The first-order valence-electron chi connectivity index (χ1n) is 10.3. The molecule has 0 radical (unpaired) electrons. The zero-order chi connectivity index (χ0) is 20.0. The summed E-state index contributed by atoms with van der Waals surface area (Å²) in [5, 5.41) is 2.77. The maximum atomic E-state index is 12.7. The smallest absolute Gasteiger partial charge is 0.254 e. The standard InChI is InChI=1S/C22H24N4O3/c27-17-7-6-16(23-17)21(29)26-12-10-22(11-13-26)9-8-15-18(22)24-19(25-20(15)28)14-4-2-1-3-5-14/h1-5,16H,6-13H2,(H,23,27)(H,24,25,28). The summed E-state index contributed by atoms with van der Waals surface area (Å²) in [6.45, 7) is 1.28. The molecule has 29 heavy (non-hydrogen) atoms. The molecule has 1 atom stereocenters. The van der Waals surface area contributed by atoms with Crippen LogP contribution in [0.25, 0.3) is 11.4 Å². The Morgan fingerprint density at radius 1 is 1.07 bits per heavy atom. The van der Waals surface area contributed by atoms with Crippen molar-refractivity contribution in [3.8, 4) is 11.4 Å². The predicted molar refractivity (Wildman–Crippen MR) is 107 cm³/mol. The van der Waals surface area contributed by atoms with Gasteiger partial charge in [0, 0.05) is 36.1 Å². The highest BCUT2D eigenvalue weighted by Gasteiger charge is 2.45. The fourth-order valence-corrected chi connectivity index (χ4v) is 5.05. The van der Waals surface area contributed by atoms with Gasteiger partial charge in [-0.25, -0.2) is 4.98 Å². The number of carbonyl (C=O) groups is 2. The van der Waals surface area contributed by atoms with Gasteiger partial charge in [-0.2, -0.15) is 0 Å². The second kappa shape index (κ2) is 6.83. The number of H-pyrrole nitrogens is 1. The number of amides is 2. The molecule has 7 nitrogen and oxygen atoms in total. The first-order valence-corrected chi connectivity index (χ1v) is 10.3. The average molecular weight is 392 g/mol. The average Bonchev–Trinajstić information content (AvgIpc) is 3.33. The quantitative estimate of drug-likeness (QED) is 0.810. The van der Waals surface area contributed by atoms with Crippen molar-refractivity contribution in [3.05, 3.63) is 51.9 Å². The Kier molecular flexibility index (Phi) is 4.26. The van der Waals surface area contributed by atoms with E-state index in [1.807, 2.05) is 35.2 Å². The van der Waals surface area contributed by atoms with Gasteiger partial charge in [0.15, 0.2) is 0 Å². The summed E-state index contributed by atoms with van der Waals surface area (Å²) in [6, 6.07) is 9.33. The lowest BCUT2D eigenvalue weighted by atomic mass is 9.76. The zero-order valence-corrected chi connectivity index (χ0v) is 16.2. The number of hydrogen-bond donors (Lipinski definition) is 2. The highest BCUT2D eigenvalue weighted by molar-refractivity contribution is 5.90. The van der Waals surface area contributed by atoms with Gasteiger partial charge in [0.2, 0.25) is 11.8 Å². The van der Waals surface area contributed by atoms with Crippen LogP contribution in [0, 0.1) is 0 Å². The van der Waals surface area contributed by atoms with Crippen molar-refractivity contribution in [2.45, 2.75) is 50.0 Å². The third kappa shape index (κ3) is 3.05. The molecule has 0 bridgehead atoms. The molecule has 1 unspecified atom stereocenters. The van der Waals surface area contributed by atoms with Gasteiger partial charge in [0.05, 0.1) is 5.69 Å². The Labute approximate surface area is 168 Å². The molecule has 1 aliphatic carbocycles. The number of hydrogen-bond acceptors (Lipinski definition) is 4. The van der Waals surface area contributed by atoms with E-state index in [-0.39, 0.29) is 28.8 Å². The van der Waals surface area contributed by atoms with E-state index in [2.05, 4.69) is 10.3 Å². The molecule has 150 valence electrons. The molecular formula is C22H24N4O3. The molecule has 2 fully saturated rings. The van der Waals surface area contributed by atoms with Crippen LogP contribution in [0.4, 0.5) is 0 Å². The minimum Gasteiger partial charge on any atom is -0.344 e. The fraction of sp³-hybridized carbons (Fsp3) is 0.455. The van der Waals surface area contributed by atoms with Crippen molar-refractivity contribution in [3.63, 3.8) is 0 Å². The summed E-state index contributed by atoms with van der Waals surface area (Å²) in [5.74, 6) is 0.592. The normalized spacial score (nSPS) is 22.6. The number of carbonyl (C=O) groups excluding carboxylic acids is 2. The van der Waals surface area contributed by atoms with Crippen LogP contribution in [0.2, 0.25) is 0 Å². The Morgan fingerprint density at radius 3 is 2.52 bits per heavy atom. The number of benzene rings is 1. The maximum Gasteiger partial charge on any atom is 0.254 e. The molecule has 3 heterocycles. The van der Waals surface area contributed by atoms with E-state index in [1.54, 1.807) is 0 Å². The van der Waals surface area contributed by atoms with E-state index >= 15 is 0 Å². The van der Waals surface area contributed by atoms with Gasteiger partial charge in [0.1, 0.15) is 11.9 Å². The SMILES string of the molecule is O=C1CCC(C(=O)N2CCC3(CCc4c3nc(-c3ccccc3)[nH]c4=O)CC2)N1. The molecule has 2 saturated heterocycles. The van der Waals surface area contributed by atoms with Crippen molar-refractivity contribution in [1.82, 2.24) is 20.2 Å². The fourth-order valence-electron chi connectivity index (χ4n) is 5.05. The van der Waals surface area contributed by atoms with E-state index in [9.17, 15) is 14.4 Å². The van der Waals surface area contributed by atoms with Gasteiger partial charge in [-0.15, -0.1) is 0 Å². The predicted octanol–water partition coefficient (Wildman–Crippen LogP) is 1.52. The van der Waals surface area contributed by atoms with E-state index < -0.39 is 0 Å². The molecule has 2 aliphatic heterocycles. The van der Waals surface area contributed by atoms with Crippen LogP contribution in [0.1, 0.15) is 43.4 Å². The van der Waals surface area contributed by atoms with Gasteiger partial charge >= 0.3 is 0 Å². The summed E-state index contributed by atoms with van der Waals surface area (Å²) >= 11 is 0. The number of rotatable bonds is 2. The highest BCUT2D eigenvalue weighted by atomic mass is 16.2. The molecule has 7 heteroatoms. The highest BCUT2D eigenvalue weighted by Crippen LogP contribution is 2.44. The second-order valence-electron chi connectivity index (χ2n) is 8.37. The van der Waals surface area contributed by atoms with E-state index in [1.165, 1.54) is 0 Å². The van der Waals surface area contributed by atoms with Crippen LogP contribution in [0.15, 0.2) is 35.1 Å². The van der Waals surface area contributed by atoms with Gasteiger partial charge < -0.3 is 15.2 Å². The third-order valence-electron chi connectivity index (χ3n) is 6.74. The summed E-state index contributed by atoms with van der Waals surface area (Å²) < 4.78 is 0. The number of nitrogens with zero attached hydrogens (tertiary/aromatic N) is 2. The Morgan fingerprint density at radius 2 is 1.83 bits per heavy atom. The summed E-state index contributed by atoms with van der Waals surface area (Å²) in [5.41, 5.74) is 2.44. The van der Waals surface area contributed by atoms with E-state index in [4.69, 9.17) is 4.98 Å². The topological polar surface area (TPSA) is 95.2 Å². The Hall–Kier alpha value is -2.96. The molecule has 0 saturated carbocycles. The monoisotopic (exact) mass is 392 g/mol. The van der Waals surface area contributed by atoms with E-state index in [0.717, 1.165) is 42.5 Å². The first-order chi connectivity index (χ1) is 14.1. The number of aromatic amines is 1. The Balaban J connectivity index is 1.39. The zero-order valence-electron chi connectivity index (χ0n) is 16.2. The minimum absolute atomic E-state index is 0.0211. The third-order valence-corrected chi connectivity index (χ3v) is 6.74. The van der Waals surface area contributed by atoms with Crippen LogP contribution in [-0.2, 0) is 21.4 Å². The molecule has 2 amide bonds. The summed E-state index contributed by atoms with van der Waals surface area (Å²) in [6.07, 6.45) is 4.25. The minimum atomic E-state index is -0.377. The second-order valence-corrected chi connectivity index (χ2v) is 8.37. The number of piperidine rings is 1. The molecule has 1 aromatic heterocycles. The van der Waals surface area contributed by atoms with Gasteiger partial charge in [-0.1, -0.05) is 30.3 Å². The van der Waals surface area contributed by atoms with Crippen molar-refractivity contribution < 1.29 is 9.59 Å². The largest absolute Gasteiger partial charge is 0.344 e. The summed E-state index contributed by atoms with van der Waals surface area (Å²) in [7, 11) is 0. The molecular weight excluding hydrogens is 368 g/mol. The van der Waals surface area contributed by atoms with Crippen LogP contribution in [0.3, 0.4) is 0 Å². The van der Waals surface area contributed by atoms with Crippen LogP contribution >= 0.6 is 0 Å². The molecule has 1 aromatic carbocycles. The van der Waals surface area contributed by atoms with Crippen molar-refractivity contribution in [1.29, 1.82) is 0 Å². The van der Waals surface area contributed by atoms with Crippen LogP contribution < -0.4 is 10.9 Å². The molecule has 3 aliphatic rings. The molecule has 1 spiro atoms. The Bertz CT molecular complexity index is 1020. The van der Waals surface area contributed by atoms with Crippen LogP contribution in [-0.4, -0.2) is 45.8 Å². The molecule has 2 aromatic rings. The van der Waals surface area contributed by atoms with Gasteiger partial charge in [-0.05, 0) is 32.1 Å². The lowest BCUT2D eigenvalue weighted by molar-refractivity contribution is -0.135. The number of fused-ring (bicyclic) bond motifs is 2. The number of likely N-dealkylation sites (tertiary alicyclic amines) is 1. The molecule has 5 rings (SSSR count). The van der Waals surface area contributed by atoms with Crippen LogP contribution in [0.5, 0.6) is 0 Å². The van der Waals surface area contributed by atoms with Crippen molar-refractivity contribution in [2.75, 3.05) is 13.1 Å². The number of aromatic nitrogens is 2. The van der Waals surface area contributed by atoms with Gasteiger partial charge in [0.25, 0.3) is 5.56 Å². The first kappa shape index (κ1) is 18.1. The van der Waals surface area contributed by atoms with E-state index in [0.29, 0.717) is 31.8 Å². The lowest BCUT2D eigenvalue weighted by Crippen LogP contribution is -2.50. The van der Waals surface area contributed by atoms with Crippen molar-refractivity contribution in [2.24, 2.45) is 0 Å². The maximum absolute atomic E-state index is 12.7. The molecule has 2 N–H and O–H groups in total. The number of nitrogens with one attached hydrogen (secondary N) is 2.